The molecule has 2 bridgehead atoms. The van der Waals surface area contributed by atoms with Gasteiger partial charge in [0, 0.05) is 32.2 Å². The van der Waals surface area contributed by atoms with E-state index in [9.17, 15) is 14.7 Å². The van der Waals surface area contributed by atoms with Crippen LogP contribution in [-0.4, -0.2) is 70.7 Å². The number of aromatic hydroxyl groups is 1. The Morgan fingerprint density at radius 2 is 1.81 bits per heavy atom. The van der Waals surface area contributed by atoms with Crippen LogP contribution < -0.4 is 4.74 Å². The monoisotopic (exact) mass is 578 g/mol. The van der Waals surface area contributed by atoms with Crippen molar-refractivity contribution in [3.8, 4) is 11.5 Å². The molecule has 2 unspecified atom stereocenters. The van der Waals surface area contributed by atoms with Crippen molar-refractivity contribution in [3.63, 3.8) is 0 Å². The summed E-state index contributed by atoms with van der Waals surface area (Å²) in [4.78, 5) is 30.8. The molecule has 2 fully saturated rings. The number of carbonyl (C=O) groups is 2. The van der Waals surface area contributed by atoms with Gasteiger partial charge in [-0.3, -0.25) is 14.5 Å². The van der Waals surface area contributed by atoms with E-state index in [2.05, 4.69) is 29.2 Å². The van der Waals surface area contributed by atoms with Gasteiger partial charge in [0.1, 0.15) is 11.7 Å². The van der Waals surface area contributed by atoms with Crippen LogP contribution >= 0.6 is 0 Å². The fourth-order valence-electron chi connectivity index (χ4n) is 8.63. The first-order valence-electron chi connectivity index (χ1n) is 15.3. The molecule has 2 aliphatic heterocycles. The van der Waals surface area contributed by atoms with Crippen molar-refractivity contribution >= 4 is 18.0 Å². The van der Waals surface area contributed by atoms with E-state index in [0.717, 1.165) is 36.2 Å². The molecule has 1 N–H and O–H groups in total. The quantitative estimate of drug-likeness (QED) is 0.318. The summed E-state index contributed by atoms with van der Waals surface area (Å²) in [7, 11) is 1.83. The minimum atomic E-state index is -0.829. The molecule has 7 rings (SSSR count). The fraction of sp³-hybridized carbons (Fsp3) is 0.389. The Hall–Kier alpha value is -4.10. The SMILES string of the molecule is CC(=O)O[C@@]12CCC(N(C)C(=O)/C=C/c3ccccc3)C3Oc4c(O)ccc5c4[C@@]31CCN(CCc1ccccc1)[C@@H]2C5. The van der Waals surface area contributed by atoms with Crippen molar-refractivity contribution in [1.82, 2.24) is 9.80 Å². The number of hydrogen-bond acceptors (Lipinski definition) is 6. The Morgan fingerprint density at radius 1 is 1.07 bits per heavy atom. The zero-order valence-corrected chi connectivity index (χ0v) is 24.7. The highest BCUT2D eigenvalue weighted by atomic mass is 16.6. The van der Waals surface area contributed by atoms with Crippen molar-refractivity contribution < 1.29 is 24.2 Å². The van der Waals surface area contributed by atoms with Gasteiger partial charge in [0.05, 0.1) is 17.5 Å². The lowest BCUT2D eigenvalue weighted by molar-refractivity contribution is -0.223. The minimum absolute atomic E-state index is 0.0390. The van der Waals surface area contributed by atoms with E-state index in [1.54, 1.807) is 17.0 Å². The molecule has 0 aromatic heterocycles. The lowest BCUT2D eigenvalue weighted by atomic mass is 9.48. The maximum absolute atomic E-state index is 13.5. The average molecular weight is 579 g/mol. The number of benzene rings is 3. The lowest BCUT2D eigenvalue weighted by Gasteiger charge is -2.65. The molecule has 0 radical (unpaired) electrons. The Kier molecular flexibility index (Phi) is 6.81. The summed E-state index contributed by atoms with van der Waals surface area (Å²) in [6.07, 6.45) is 6.54. The van der Waals surface area contributed by atoms with Gasteiger partial charge < -0.3 is 19.5 Å². The first kappa shape index (κ1) is 27.7. The number of nitrogens with zero attached hydrogens (tertiary/aromatic N) is 2. The summed E-state index contributed by atoms with van der Waals surface area (Å²) >= 11 is 0. The summed E-state index contributed by atoms with van der Waals surface area (Å²) in [6, 6.07) is 23.7. The Bertz CT molecular complexity index is 1570. The van der Waals surface area contributed by atoms with Gasteiger partial charge in [-0.25, -0.2) is 0 Å². The van der Waals surface area contributed by atoms with Crippen molar-refractivity contribution in [2.75, 3.05) is 20.1 Å². The maximum Gasteiger partial charge on any atom is 0.303 e. The van der Waals surface area contributed by atoms with Crippen LogP contribution in [0.3, 0.4) is 0 Å². The Labute approximate surface area is 252 Å². The number of ether oxygens (including phenoxy) is 2. The molecule has 1 saturated carbocycles. The zero-order chi connectivity index (χ0) is 29.8. The topological polar surface area (TPSA) is 79.3 Å². The second kappa shape index (κ2) is 10.6. The number of piperidine rings is 1. The van der Waals surface area contributed by atoms with Crippen LogP contribution in [0.15, 0.2) is 78.9 Å². The minimum Gasteiger partial charge on any atom is -0.504 e. The third-order valence-electron chi connectivity index (χ3n) is 10.4. The molecule has 3 aromatic carbocycles. The zero-order valence-electron chi connectivity index (χ0n) is 24.7. The van der Waals surface area contributed by atoms with E-state index >= 15 is 0 Å². The average Bonchev–Trinajstić information content (AvgIpc) is 3.37. The van der Waals surface area contributed by atoms with E-state index in [1.165, 1.54) is 12.5 Å². The van der Waals surface area contributed by atoms with E-state index in [1.807, 2.05) is 55.6 Å². The molecule has 5 atom stereocenters. The second-order valence-electron chi connectivity index (χ2n) is 12.5. The highest BCUT2D eigenvalue weighted by molar-refractivity contribution is 5.92. The maximum atomic E-state index is 13.5. The summed E-state index contributed by atoms with van der Waals surface area (Å²) in [5.41, 5.74) is 2.84. The third kappa shape index (κ3) is 4.27. The number of phenolic OH excluding ortho intramolecular Hbond substituents is 1. The number of carbonyl (C=O) groups excluding carboxylic acids is 2. The van der Waals surface area contributed by atoms with E-state index in [-0.39, 0.29) is 29.7 Å². The molecule has 1 spiro atoms. The largest absolute Gasteiger partial charge is 0.504 e. The van der Waals surface area contributed by atoms with Gasteiger partial charge in [-0.05, 0) is 67.5 Å². The molecular weight excluding hydrogens is 540 g/mol. The number of phenols is 1. The molecule has 222 valence electrons. The van der Waals surface area contributed by atoms with E-state index in [0.29, 0.717) is 31.4 Å². The van der Waals surface area contributed by atoms with Crippen molar-refractivity contribution in [2.24, 2.45) is 0 Å². The number of rotatable bonds is 7. The molecule has 3 aromatic rings. The van der Waals surface area contributed by atoms with Crippen LogP contribution in [0.1, 0.15) is 48.4 Å². The standard InChI is InChI=1S/C36H38N2O5/c1-24(39)43-36-19-17-28(37(2)31(41)16-13-25-9-5-3-6-10-25)34-35(36)20-22-38(21-18-26-11-7-4-8-12-26)30(36)23-27-14-15-29(40)33(42-34)32(27)35/h3-16,28,30,34,40H,17-23H2,1-2H3/b16-13+/t28?,30-,34?,35+,36-/m1/s1. The number of hydrogen-bond donors (Lipinski definition) is 1. The van der Waals surface area contributed by atoms with E-state index < -0.39 is 17.1 Å². The third-order valence-corrected chi connectivity index (χ3v) is 10.4. The van der Waals surface area contributed by atoms with Gasteiger partial charge >= 0.3 is 5.97 Å². The van der Waals surface area contributed by atoms with Crippen LogP contribution in [0, 0.1) is 0 Å². The summed E-state index contributed by atoms with van der Waals surface area (Å²) in [5.74, 6) is 0.171. The summed E-state index contributed by atoms with van der Waals surface area (Å²) in [6.45, 7) is 3.16. The second-order valence-corrected chi connectivity index (χ2v) is 12.5. The van der Waals surface area contributed by atoms with Crippen LogP contribution in [-0.2, 0) is 32.6 Å². The normalized spacial score (nSPS) is 28.7. The number of esters is 1. The highest BCUT2D eigenvalue weighted by Crippen LogP contribution is 2.67. The summed E-state index contributed by atoms with van der Waals surface area (Å²) in [5, 5.41) is 11.0. The van der Waals surface area contributed by atoms with Gasteiger partial charge in [0.2, 0.25) is 5.91 Å². The van der Waals surface area contributed by atoms with Gasteiger partial charge in [0.25, 0.3) is 0 Å². The van der Waals surface area contributed by atoms with Crippen LogP contribution in [0.2, 0.25) is 0 Å². The molecule has 1 amide bonds. The molecule has 43 heavy (non-hydrogen) atoms. The van der Waals surface area contributed by atoms with Crippen molar-refractivity contribution in [1.29, 1.82) is 0 Å². The number of likely N-dealkylation sites (N-methyl/N-ethyl adjacent to an activating group) is 1. The van der Waals surface area contributed by atoms with Gasteiger partial charge in [-0.15, -0.1) is 0 Å². The first-order chi connectivity index (χ1) is 20.8. The highest BCUT2D eigenvalue weighted by Gasteiger charge is 2.75. The first-order valence-corrected chi connectivity index (χ1v) is 15.3. The van der Waals surface area contributed by atoms with Crippen LogP contribution in [0.5, 0.6) is 11.5 Å². The number of likely N-dealkylation sites (tertiary alicyclic amines) is 1. The molecule has 7 heteroatoms. The predicted octanol–water partition coefficient (Wildman–Crippen LogP) is 4.90. The molecule has 7 nitrogen and oxygen atoms in total. The molecule has 1 saturated heterocycles. The van der Waals surface area contributed by atoms with Crippen molar-refractivity contribution in [2.45, 2.75) is 68.2 Å². The number of amides is 1. The molecule has 4 aliphatic rings. The fourth-order valence-corrected chi connectivity index (χ4v) is 8.63. The summed E-state index contributed by atoms with van der Waals surface area (Å²) < 4.78 is 13.3. The lowest BCUT2D eigenvalue weighted by Crippen LogP contribution is -2.79. The van der Waals surface area contributed by atoms with Gasteiger partial charge in [-0.1, -0.05) is 66.7 Å². The Balaban J connectivity index is 1.28. The van der Waals surface area contributed by atoms with E-state index in [4.69, 9.17) is 9.47 Å². The Morgan fingerprint density at radius 3 is 2.56 bits per heavy atom. The predicted molar refractivity (Wildman–Crippen MR) is 164 cm³/mol. The smallest absolute Gasteiger partial charge is 0.303 e. The van der Waals surface area contributed by atoms with Gasteiger partial charge in [-0.2, -0.15) is 0 Å². The van der Waals surface area contributed by atoms with Crippen LogP contribution in [0.4, 0.5) is 0 Å². The molecule has 2 heterocycles. The van der Waals surface area contributed by atoms with Crippen molar-refractivity contribution in [3.05, 3.63) is 101 Å². The van der Waals surface area contributed by atoms with Gasteiger partial charge in [0.15, 0.2) is 11.5 Å². The van der Waals surface area contributed by atoms with Crippen LogP contribution in [0.25, 0.3) is 6.08 Å². The molecule has 2 aliphatic carbocycles. The molecular formula is C36H38N2O5.